The van der Waals surface area contributed by atoms with Gasteiger partial charge >= 0.3 is 0 Å². The van der Waals surface area contributed by atoms with E-state index in [0.29, 0.717) is 17.3 Å². The van der Waals surface area contributed by atoms with Crippen LogP contribution >= 0.6 is 11.6 Å². The Kier molecular flexibility index (Phi) is 3.62. The maximum Gasteiger partial charge on any atom is 0.245 e. The molecule has 0 aromatic carbocycles. The highest BCUT2D eigenvalue weighted by Gasteiger charge is 2.22. The first-order valence-corrected chi connectivity index (χ1v) is 7.04. The minimum absolute atomic E-state index is 0.325. The van der Waals surface area contributed by atoms with Crippen LogP contribution in [0, 0.1) is 0 Å². The Morgan fingerprint density at radius 2 is 2.00 bits per heavy atom. The van der Waals surface area contributed by atoms with Crippen molar-refractivity contribution in [2.24, 2.45) is 0 Å². The van der Waals surface area contributed by atoms with Crippen LogP contribution in [-0.2, 0) is 5.88 Å². The lowest BCUT2D eigenvalue weighted by molar-refractivity contribution is 0.287. The quantitative estimate of drug-likeness (QED) is 0.767. The van der Waals surface area contributed by atoms with E-state index >= 15 is 0 Å². The molecule has 0 N–H and O–H groups in total. The van der Waals surface area contributed by atoms with Gasteiger partial charge in [0.1, 0.15) is 12.2 Å². The molecule has 1 aliphatic rings. The van der Waals surface area contributed by atoms with Gasteiger partial charge in [0, 0.05) is 26.2 Å². The van der Waals surface area contributed by atoms with Crippen molar-refractivity contribution in [2.45, 2.75) is 5.88 Å². The molecule has 2 aromatic rings. The molecule has 1 saturated heterocycles. The van der Waals surface area contributed by atoms with E-state index in [9.17, 15) is 0 Å². The van der Waals surface area contributed by atoms with Crippen molar-refractivity contribution in [3.05, 3.63) is 12.2 Å². The molecular weight excluding hydrogens is 280 g/mol. The third-order valence-corrected chi connectivity index (χ3v) is 3.77. The standard InChI is InChI=1S/C12H17ClN6O/c1-17-3-5-18(6-4-17)19-9(7-13)16-10-11(19)14-8-15-12(10)20-2/h8H,3-7H2,1-2H3. The van der Waals surface area contributed by atoms with Gasteiger partial charge in [-0.05, 0) is 7.05 Å². The van der Waals surface area contributed by atoms with Crippen LogP contribution in [0.2, 0.25) is 0 Å². The highest BCUT2D eigenvalue weighted by atomic mass is 35.5. The highest BCUT2D eigenvalue weighted by molar-refractivity contribution is 6.16. The number of halogens is 1. The van der Waals surface area contributed by atoms with E-state index < -0.39 is 0 Å². The van der Waals surface area contributed by atoms with E-state index in [0.717, 1.165) is 37.7 Å². The Morgan fingerprint density at radius 3 is 2.65 bits per heavy atom. The average molecular weight is 297 g/mol. The summed E-state index contributed by atoms with van der Waals surface area (Å²) in [5.41, 5.74) is 1.40. The Morgan fingerprint density at radius 1 is 1.25 bits per heavy atom. The van der Waals surface area contributed by atoms with Crippen LogP contribution in [0.3, 0.4) is 0 Å². The molecule has 0 radical (unpaired) electrons. The number of fused-ring (bicyclic) bond motifs is 1. The molecule has 0 atom stereocenters. The van der Waals surface area contributed by atoms with E-state index in [1.807, 2.05) is 4.68 Å². The van der Waals surface area contributed by atoms with Crippen LogP contribution in [-0.4, -0.2) is 64.9 Å². The van der Waals surface area contributed by atoms with Crippen LogP contribution in [0.15, 0.2) is 6.33 Å². The lowest BCUT2D eigenvalue weighted by atomic mass is 10.4. The van der Waals surface area contributed by atoms with E-state index in [1.54, 1.807) is 7.11 Å². The molecule has 108 valence electrons. The molecule has 3 heterocycles. The fraction of sp³-hybridized carbons (Fsp3) is 0.583. The van der Waals surface area contributed by atoms with Crippen molar-refractivity contribution >= 4 is 22.8 Å². The topological polar surface area (TPSA) is 59.3 Å². The fourth-order valence-corrected chi connectivity index (χ4v) is 2.61. The number of hydrogen-bond acceptors (Lipinski definition) is 6. The molecule has 0 bridgehead atoms. The SMILES string of the molecule is COc1ncnc2c1nc(CCl)n2N1CCN(C)CC1. The van der Waals surface area contributed by atoms with Crippen molar-refractivity contribution in [3.63, 3.8) is 0 Å². The van der Waals surface area contributed by atoms with Gasteiger partial charge in [0.05, 0.1) is 13.0 Å². The Balaban J connectivity index is 2.09. The number of rotatable bonds is 3. The first kappa shape index (κ1) is 13.4. The number of methoxy groups -OCH3 is 1. The summed E-state index contributed by atoms with van der Waals surface area (Å²) in [4.78, 5) is 15.3. The first-order chi connectivity index (χ1) is 9.74. The Hall–Kier alpha value is -1.60. The van der Waals surface area contributed by atoms with Crippen molar-refractivity contribution in [3.8, 4) is 5.88 Å². The Bertz CT molecular complexity index is 607. The van der Waals surface area contributed by atoms with Gasteiger partial charge in [-0.15, -0.1) is 11.6 Å². The number of piperazine rings is 1. The van der Waals surface area contributed by atoms with Crippen LogP contribution in [0.25, 0.3) is 11.2 Å². The second-order valence-corrected chi connectivity index (χ2v) is 5.05. The van der Waals surface area contributed by atoms with Crippen LogP contribution in [0.1, 0.15) is 5.82 Å². The first-order valence-electron chi connectivity index (χ1n) is 6.50. The lowest BCUT2D eigenvalue weighted by Gasteiger charge is -2.35. The summed E-state index contributed by atoms with van der Waals surface area (Å²) >= 11 is 6.04. The minimum Gasteiger partial charge on any atom is -0.479 e. The molecule has 0 spiro atoms. The van der Waals surface area contributed by atoms with Gasteiger partial charge < -0.3 is 14.6 Å². The summed E-state index contributed by atoms with van der Waals surface area (Å²) in [5, 5.41) is 2.22. The van der Waals surface area contributed by atoms with Crippen molar-refractivity contribution in [1.82, 2.24) is 24.5 Å². The molecular formula is C12H17ClN6O. The summed E-state index contributed by atoms with van der Waals surface area (Å²) in [6.45, 7) is 3.84. The molecule has 1 fully saturated rings. The molecule has 2 aromatic heterocycles. The fourth-order valence-electron chi connectivity index (χ4n) is 2.43. The number of nitrogens with zero attached hydrogens (tertiary/aromatic N) is 6. The highest BCUT2D eigenvalue weighted by Crippen LogP contribution is 2.23. The second-order valence-electron chi connectivity index (χ2n) is 4.79. The molecule has 0 amide bonds. The second kappa shape index (κ2) is 5.41. The predicted octanol–water partition coefficient (Wildman–Crippen LogP) is 0.457. The monoisotopic (exact) mass is 296 g/mol. The molecule has 3 rings (SSSR count). The van der Waals surface area contributed by atoms with E-state index in [1.165, 1.54) is 6.33 Å². The molecule has 0 unspecified atom stereocenters. The maximum absolute atomic E-state index is 6.04. The number of likely N-dealkylation sites (N-methyl/N-ethyl adjacent to an activating group) is 1. The van der Waals surface area contributed by atoms with Crippen LogP contribution < -0.4 is 9.75 Å². The van der Waals surface area contributed by atoms with Gasteiger partial charge in [-0.2, -0.15) is 4.98 Å². The summed E-state index contributed by atoms with van der Waals surface area (Å²) in [6, 6.07) is 0. The third kappa shape index (κ3) is 2.16. The third-order valence-electron chi connectivity index (χ3n) is 3.53. The van der Waals surface area contributed by atoms with Crippen molar-refractivity contribution < 1.29 is 4.74 Å². The zero-order valence-corrected chi connectivity index (χ0v) is 12.3. The predicted molar refractivity (Wildman–Crippen MR) is 76.9 cm³/mol. The molecule has 20 heavy (non-hydrogen) atoms. The summed E-state index contributed by atoms with van der Waals surface area (Å²) < 4.78 is 7.25. The van der Waals surface area contributed by atoms with Crippen LogP contribution in [0.4, 0.5) is 0 Å². The molecule has 0 aliphatic carbocycles. The molecule has 7 nitrogen and oxygen atoms in total. The number of imidazole rings is 1. The molecule has 1 aliphatic heterocycles. The maximum atomic E-state index is 6.04. The summed E-state index contributed by atoms with van der Waals surface area (Å²) in [6.07, 6.45) is 1.49. The van der Waals surface area contributed by atoms with Crippen LogP contribution in [0.5, 0.6) is 5.88 Å². The van der Waals surface area contributed by atoms with Gasteiger partial charge in [0.2, 0.25) is 5.88 Å². The zero-order chi connectivity index (χ0) is 14.1. The van der Waals surface area contributed by atoms with Gasteiger partial charge in [0.25, 0.3) is 0 Å². The van der Waals surface area contributed by atoms with Crippen molar-refractivity contribution in [2.75, 3.05) is 45.3 Å². The molecule has 0 saturated carbocycles. The number of aromatic nitrogens is 4. The van der Waals surface area contributed by atoms with E-state index in [4.69, 9.17) is 16.3 Å². The normalized spacial score (nSPS) is 16.9. The van der Waals surface area contributed by atoms with Crippen molar-refractivity contribution in [1.29, 1.82) is 0 Å². The number of ether oxygens (including phenoxy) is 1. The molecule has 8 heteroatoms. The average Bonchev–Trinajstić information content (AvgIpc) is 2.86. The smallest absolute Gasteiger partial charge is 0.245 e. The number of hydrogen-bond donors (Lipinski definition) is 0. The van der Waals surface area contributed by atoms with Gasteiger partial charge in [-0.1, -0.05) is 0 Å². The van der Waals surface area contributed by atoms with E-state index in [2.05, 4.69) is 31.9 Å². The van der Waals surface area contributed by atoms with Gasteiger partial charge in [0.15, 0.2) is 11.2 Å². The zero-order valence-electron chi connectivity index (χ0n) is 11.6. The summed E-state index contributed by atoms with van der Waals surface area (Å²) in [5.74, 6) is 1.57. The largest absolute Gasteiger partial charge is 0.479 e. The van der Waals surface area contributed by atoms with Gasteiger partial charge in [-0.25, -0.2) is 14.6 Å². The number of alkyl halides is 1. The minimum atomic E-state index is 0.325. The summed E-state index contributed by atoms with van der Waals surface area (Å²) in [7, 11) is 3.70. The van der Waals surface area contributed by atoms with E-state index in [-0.39, 0.29) is 0 Å². The van der Waals surface area contributed by atoms with Gasteiger partial charge in [-0.3, -0.25) is 0 Å². The lowest BCUT2D eigenvalue weighted by Crippen LogP contribution is -2.50. The Labute approximate surface area is 122 Å².